The van der Waals surface area contributed by atoms with Gasteiger partial charge in [0.15, 0.2) is 0 Å². The first-order valence-corrected chi connectivity index (χ1v) is 7.81. The number of rotatable bonds is 9. The van der Waals surface area contributed by atoms with Gasteiger partial charge in [-0.1, -0.05) is 53.4 Å². The first-order valence-electron chi connectivity index (χ1n) is 7.81. The number of nitrogens with zero attached hydrogens (tertiary/aromatic N) is 1. The molecule has 3 heteroatoms. The standard InChI is InChI=1S/C17H33NO2/c1-7-8-9-10-11-12-15(18(5)6)14(16(19)20)13-17(2,3)4/h7-13H2,1-6H3,(H,19,20)/b15-14+. The van der Waals surface area contributed by atoms with Gasteiger partial charge in [0.1, 0.15) is 0 Å². The van der Waals surface area contributed by atoms with Crippen molar-refractivity contribution in [3.63, 3.8) is 0 Å². The Hall–Kier alpha value is -0.990. The molecule has 3 nitrogen and oxygen atoms in total. The van der Waals surface area contributed by atoms with Crippen molar-refractivity contribution in [2.75, 3.05) is 14.1 Å². The average molecular weight is 283 g/mol. The van der Waals surface area contributed by atoms with Crippen molar-refractivity contribution < 1.29 is 9.90 Å². The summed E-state index contributed by atoms with van der Waals surface area (Å²) in [7, 11) is 3.90. The number of carboxylic acids is 1. The van der Waals surface area contributed by atoms with Gasteiger partial charge in [-0.15, -0.1) is 0 Å². The molecule has 0 saturated heterocycles. The fourth-order valence-electron chi connectivity index (χ4n) is 2.37. The first-order chi connectivity index (χ1) is 9.19. The Balaban J connectivity index is 4.86. The van der Waals surface area contributed by atoms with E-state index >= 15 is 0 Å². The molecule has 0 aliphatic rings. The second-order valence-corrected chi connectivity index (χ2v) is 7.03. The summed E-state index contributed by atoms with van der Waals surface area (Å²) in [6.07, 6.45) is 7.51. The smallest absolute Gasteiger partial charge is 0.333 e. The molecule has 0 aliphatic carbocycles. The maximum absolute atomic E-state index is 11.6. The third-order valence-corrected chi connectivity index (χ3v) is 3.37. The summed E-state index contributed by atoms with van der Waals surface area (Å²) in [5.41, 5.74) is 1.57. The van der Waals surface area contributed by atoms with Gasteiger partial charge in [-0.2, -0.15) is 0 Å². The number of hydrogen-bond donors (Lipinski definition) is 1. The zero-order valence-electron chi connectivity index (χ0n) is 14.3. The van der Waals surface area contributed by atoms with Crippen molar-refractivity contribution in [1.82, 2.24) is 4.90 Å². The van der Waals surface area contributed by atoms with Crippen LogP contribution in [-0.2, 0) is 4.79 Å². The molecule has 0 fully saturated rings. The number of carbonyl (C=O) groups is 1. The predicted molar refractivity (Wildman–Crippen MR) is 85.8 cm³/mol. The van der Waals surface area contributed by atoms with Crippen LogP contribution in [-0.4, -0.2) is 30.1 Å². The van der Waals surface area contributed by atoms with Crippen LogP contribution in [0.4, 0.5) is 0 Å². The van der Waals surface area contributed by atoms with E-state index in [1.807, 2.05) is 19.0 Å². The molecule has 0 aliphatic heterocycles. The lowest BCUT2D eigenvalue weighted by Gasteiger charge is -2.25. The molecule has 0 saturated carbocycles. The van der Waals surface area contributed by atoms with Crippen molar-refractivity contribution in [1.29, 1.82) is 0 Å². The van der Waals surface area contributed by atoms with Crippen LogP contribution in [0.25, 0.3) is 0 Å². The normalized spacial score (nSPS) is 13.1. The van der Waals surface area contributed by atoms with Gasteiger partial charge in [-0.3, -0.25) is 0 Å². The number of unbranched alkanes of at least 4 members (excludes halogenated alkanes) is 4. The molecule has 0 bridgehead atoms. The van der Waals surface area contributed by atoms with Crippen molar-refractivity contribution in [2.45, 2.75) is 72.6 Å². The summed E-state index contributed by atoms with van der Waals surface area (Å²) in [5, 5.41) is 9.51. The molecule has 118 valence electrons. The van der Waals surface area contributed by atoms with Crippen LogP contribution in [0, 0.1) is 5.41 Å². The first kappa shape index (κ1) is 19.0. The van der Waals surface area contributed by atoms with E-state index < -0.39 is 5.97 Å². The monoisotopic (exact) mass is 283 g/mol. The number of carboxylic acid groups (broad SMARTS) is 1. The van der Waals surface area contributed by atoms with Crippen LogP contribution in [0.15, 0.2) is 11.3 Å². The maximum atomic E-state index is 11.6. The highest BCUT2D eigenvalue weighted by Gasteiger charge is 2.22. The zero-order chi connectivity index (χ0) is 15.8. The van der Waals surface area contributed by atoms with Gasteiger partial charge >= 0.3 is 5.97 Å². The third kappa shape index (κ3) is 8.23. The lowest BCUT2D eigenvalue weighted by atomic mass is 9.86. The van der Waals surface area contributed by atoms with E-state index in [-0.39, 0.29) is 5.41 Å². The lowest BCUT2D eigenvalue weighted by molar-refractivity contribution is -0.133. The summed E-state index contributed by atoms with van der Waals surface area (Å²) < 4.78 is 0. The maximum Gasteiger partial charge on any atom is 0.333 e. The summed E-state index contributed by atoms with van der Waals surface area (Å²) in [4.78, 5) is 13.6. The van der Waals surface area contributed by atoms with Crippen LogP contribution in [0.2, 0.25) is 0 Å². The SMILES string of the molecule is CCCCCCC/C(=C(/CC(C)(C)C)C(=O)O)N(C)C. The molecule has 0 aromatic heterocycles. The Morgan fingerprint density at radius 2 is 1.60 bits per heavy atom. The molecule has 0 rings (SSSR count). The molecule has 0 unspecified atom stereocenters. The molecular formula is C17H33NO2. The van der Waals surface area contributed by atoms with Gasteiger partial charge < -0.3 is 10.0 Å². The highest BCUT2D eigenvalue weighted by Crippen LogP contribution is 2.28. The van der Waals surface area contributed by atoms with E-state index in [1.54, 1.807) is 0 Å². The minimum Gasteiger partial charge on any atom is -0.478 e. The van der Waals surface area contributed by atoms with E-state index in [2.05, 4.69) is 27.7 Å². The Labute approximate surface area is 125 Å². The molecule has 0 aromatic rings. The largest absolute Gasteiger partial charge is 0.478 e. The molecule has 0 aromatic carbocycles. The highest BCUT2D eigenvalue weighted by molar-refractivity contribution is 5.87. The molecule has 1 N–H and O–H groups in total. The van der Waals surface area contributed by atoms with Gasteiger partial charge in [0.2, 0.25) is 0 Å². The van der Waals surface area contributed by atoms with Gasteiger partial charge in [-0.25, -0.2) is 4.79 Å². The molecule has 0 atom stereocenters. The van der Waals surface area contributed by atoms with Crippen molar-refractivity contribution in [2.24, 2.45) is 5.41 Å². The van der Waals surface area contributed by atoms with Gasteiger partial charge in [-0.05, 0) is 24.7 Å². The third-order valence-electron chi connectivity index (χ3n) is 3.37. The van der Waals surface area contributed by atoms with Crippen molar-refractivity contribution >= 4 is 5.97 Å². The summed E-state index contributed by atoms with van der Waals surface area (Å²) in [6.45, 7) is 8.47. The molecule has 0 heterocycles. The zero-order valence-corrected chi connectivity index (χ0v) is 14.3. The van der Waals surface area contributed by atoms with Crippen LogP contribution in [0.5, 0.6) is 0 Å². The minimum atomic E-state index is -0.766. The Kier molecular flexibility index (Phi) is 8.59. The van der Waals surface area contributed by atoms with Gasteiger partial charge in [0.25, 0.3) is 0 Å². The summed E-state index contributed by atoms with van der Waals surface area (Å²) in [6, 6.07) is 0. The molecule has 0 amide bonds. The Morgan fingerprint density at radius 3 is 2.00 bits per heavy atom. The Morgan fingerprint density at radius 1 is 1.05 bits per heavy atom. The summed E-state index contributed by atoms with van der Waals surface area (Å²) >= 11 is 0. The summed E-state index contributed by atoms with van der Waals surface area (Å²) in [5.74, 6) is -0.766. The van der Waals surface area contributed by atoms with Gasteiger partial charge in [0.05, 0.1) is 5.57 Å². The average Bonchev–Trinajstić information content (AvgIpc) is 2.29. The number of hydrogen-bond acceptors (Lipinski definition) is 2. The molecule has 20 heavy (non-hydrogen) atoms. The topological polar surface area (TPSA) is 40.5 Å². The van der Waals surface area contributed by atoms with E-state index in [1.165, 1.54) is 25.7 Å². The van der Waals surface area contributed by atoms with E-state index in [0.717, 1.165) is 18.5 Å². The second-order valence-electron chi connectivity index (χ2n) is 7.03. The predicted octanol–water partition coefficient (Wildman–Crippen LogP) is 4.68. The number of allylic oxidation sites excluding steroid dienone is 1. The van der Waals surface area contributed by atoms with Crippen LogP contribution < -0.4 is 0 Å². The minimum absolute atomic E-state index is 0.00278. The highest BCUT2D eigenvalue weighted by atomic mass is 16.4. The molecule has 0 spiro atoms. The van der Waals surface area contributed by atoms with Crippen molar-refractivity contribution in [3.05, 3.63) is 11.3 Å². The lowest BCUT2D eigenvalue weighted by Crippen LogP contribution is -2.21. The molecule has 0 radical (unpaired) electrons. The fourth-order valence-corrected chi connectivity index (χ4v) is 2.37. The van der Waals surface area contributed by atoms with E-state index in [0.29, 0.717) is 12.0 Å². The Bertz CT molecular complexity index is 324. The van der Waals surface area contributed by atoms with Crippen molar-refractivity contribution in [3.8, 4) is 0 Å². The fraction of sp³-hybridized carbons (Fsp3) is 0.824. The van der Waals surface area contributed by atoms with Crippen LogP contribution in [0.3, 0.4) is 0 Å². The van der Waals surface area contributed by atoms with Crippen LogP contribution >= 0.6 is 0 Å². The van der Waals surface area contributed by atoms with E-state index in [4.69, 9.17) is 0 Å². The van der Waals surface area contributed by atoms with E-state index in [9.17, 15) is 9.90 Å². The van der Waals surface area contributed by atoms with Gasteiger partial charge in [0, 0.05) is 19.8 Å². The quantitative estimate of drug-likeness (QED) is 0.493. The number of aliphatic carboxylic acids is 1. The van der Waals surface area contributed by atoms with Crippen LogP contribution in [0.1, 0.15) is 72.6 Å². The second kappa shape index (κ2) is 9.04. The molecular weight excluding hydrogens is 250 g/mol.